The second kappa shape index (κ2) is 11.4. The average Bonchev–Trinajstić information content (AvgIpc) is 3.35. The van der Waals surface area contributed by atoms with Crippen molar-refractivity contribution in [3.05, 3.63) is 93.3 Å². The van der Waals surface area contributed by atoms with Crippen molar-refractivity contribution in [2.75, 3.05) is 4.90 Å². The topological polar surface area (TPSA) is 3.24 Å². The molecule has 234 valence electrons. The molecule has 0 saturated carbocycles. The number of anilines is 1. The van der Waals surface area contributed by atoms with Gasteiger partial charge in [-0.2, -0.15) is 0 Å². The van der Waals surface area contributed by atoms with Gasteiger partial charge in [-0.15, -0.1) is 0 Å². The summed E-state index contributed by atoms with van der Waals surface area (Å²) in [5, 5.41) is 0. The van der Waals surface area contributed by atoms with E-state index in [1.54, 1.807) is 0 Å². The van der Waals surface area contributed by atoms with Crippen LogP contribution in [0, 0.1) is 11.8 Å². The van der Waals surface area contributed by atoms with Crippen molar-refractivity contribution in [2.24, 2.45) is 5.92 Å². The van der Waals surface area contributed by atoms with E-state index in [-0.39, 0.29) is 21.7 Å². The predicted molar refractivity (Wildman–Crippen MR) is 195 cm³/mol. The third-order valence-electron chi connectivity index (χ3n) is 9.51. The van der Waals surface area contributed by atoms with Crippen molar-refractivity contribution in [3.63, 3.8) is 0 Å². The van der Waals surface area contributed by atoms with Gasteiger partial charge in [0.25, 0.3) is 0 Å². The SMILES string of the molecule is CC1CCCC2=C1S[C]N2c1c(-c2cc(C(C)(C)C)cc(C(C)(C)C)c2)cccc1-c1cc(C(C)(C)C)cc(C(C)(C)C)c1. The molecule has 3 aromatic rings. The maximum atomic E-state index is 3.82. The van der Waals surface area contributed by atoms with Gasteiger partial charge < -0.3 is 4.90 Å². The summed E-state index contributed by atoms with van der Waals surface area (Å²) in [4.78, 5) is 3.97. The number of rotatable bonds is 3. The average molecular weight is 606 g/mol. The van der Waals surface area contributed by atoms with Crippen molar-refractivity contribution < 1.29 is 0 Å². The molecule has 2 heteroatoms. The Morgan fingerprint density at radius 3 is 1.43 bits per heavy atom. The minimum Gasteiger partial charge on any atom is -0.321 e. The molecule has 0 bridgehead atoms. The van der Waals surface area contributed by atoms with Crippen molar-refractivity contribution in [2.45, 2.75) is 131 Å². The molecule has 1 nitrogen and oxygen atoms in total. The van der Waals surface area contributed by atoms with Crippen molar-refractivity contribution in [1.29, 1.82) is 0 Å². The third kappa shape index (κ3) is 6.57. The van der Waals surface area contributed by atoms with E-state index < -0.39 is 0 Å². The Labute approximate surface area is 273 Å². The molecular formula is C42H55NS. The van der Waals surface area contributed by atoms with E-state index in [9.17, 15) is 0 Å². The minimum absolute atomic E-state index is 0.0483. The van der Waals surface area contributed by atoms with Crippen molar-refractivity contribution >= 4 is 17.4 Å². The first kappa shape index (κ1) is 32.9. The summed E-state index contributed by atoms with van der Waals surface area (Å²) in [5.41, 5.74) is 13.6. The van der Waals surface area contributed by atoms with Crippen LogP contribution in [0.25, 0.3) is 22.3 Å². The zero-order valence-electron chi connectivity index (χ0n) is 29.8. The number of allylic oxidation sites excluding steroid dienone is 2. The number of hydrogen-bond donors (Lipinski definition) is 0. The predicted octanol–water partition coefficient (Wildman–Crippen LogP) is 12.8. The molecule has 0 amide bonds. The van der Waals surface area contributed by atoms with Crippen LogP contribution in [0.4, 0.5) is 5.69 Å². The Bertz CT molecular complexity index is 1420. The standard InChI is InChI=1S/C42H55NS/c1-27-16-14-19-36-38(27)44-26-43(36)37-34(28-20-30(39(2,3)4)24-31(21-28)40(5,6)7)17-15-18-35(37)29-22-32(41(8,9)10)25-33(23-29)42(11,12)13/h15,17-18,20-25,27H,14,16,19H2,1-13H3. The van der Waals surface area contributed by atoms with E-state index in [4.69, 9.17) is 0 Å². The van der Waals surface area contributed by atoms with E-state index in [0.29, 0.717) is 5.92 Å². The van der Waals surface area contributed by atoms with Gasteiger partial charge in [-0.1, -0.05) is 156 Å². The van der Waals surface area contributed by atoms with Crippen LogP contribution in [0.2, 0.25) is 0 Å². The van der Waals surface area contributed by atoms with Crippen molar-refractivity contribution in [3.8, 4) is 22.3 Å². The number of hydrogen-bond acceptors (Lipinski definition) is 2. The first-order valence-corrected chi connectivity index (χ1v) is 17.5. The van der Waals surface area contributed by atoms with Gasteiger partial charge in [0.05, 0.1) is 5.69 Å². The van der Waals surface area contributed by atoms with Crippen LogP contribution in [0.15, 0.2) is 65.2 Å². The smallest absolute Gasteiger partial charge is 0.169 e. The molecule has 1 aliphatic heterocycles. The highest BCUT2D eigenvalue weighted by molar-refractivity contribution is 8.05. The van der Waals surface area contributed by atoms with Gasteiger partial charge >= 0.3 is 0 Å². The fourth-order valence-corrected chi connectivity index (χ4v) is 7.40. The summed E-state index contributed by atoms with van der Waals surface area (Å²) < 4.78 is 0. The zero-order chi connectivity index (χ0) is 32.4. The lowest BCUT2D eigenvalue weighted by atomic mass is 9.77. The van der Waals surface area contributed by atoms with Crippen molar-refractivity contribution in [1.82, 2.24) is 0 Å². The summed E-state index contributed by atoms with van der Waals surface area (Å²) in [6, 6.07) is 21.6. The Morgan fingerprint density at radius 1 is 0.636 bits per heavy atom. The molecule has 1 aliphatic carbocycles. The largest absolute Gasteiger partial charge is 0.321 e. The quantitative estimate of drug-likeness (QED) is 0.292. The highest BCUT2D eigenvalue weighted by Gasteiger charge is 2.35. The summed E-state index contributed by atoms with van der Waals surface area (Å²) in [6.07, 6.45) is 3.61. The maximum absolute atomic E-state index is 3.82. The van der Waals surface area contributed by atoms with E-state index in [1.807, 2.05) is 11.8 Å². The molecule has 0 fully saturated rings. The molecule has 3 aromatic carbocycles. The van der Waals surface area contributed by atoms with E-state index in [1.165, 1.54) is 73.6 Å². The van der Waals surface area contributed by atoms with Crippen LogP contribution in [-0.2, 0) is 21.7 Å². The van der Waals surface area contributed by atoms with E-state index in [0.717, 1.165) is 6.42 Å². The van der Waals surface area contributed by atoms with Gasteiger partial charge in [-0.3, -0.25) is 0 Å². The van der Waals surface area contributed by atoms with Crippen LogP contribution in [-0.4, -0.2) is 0 Å². The summed E-state index contributed by atoms with van der Waals surface area (Å²) >= 11 is 1.83. The minimum atomic E-state index is 0.0483. The molecule has 44 heavy (non-hydrogen) atoms. The summed E-state index contributed by atoms with van der Waals surface area (Å²) in [7, 11) is 0. The highest BCUT2D eigenvalue weighted by Crippen LogP contribution is 2.53. The van der Waals surface area contributed by atoms with Gasteiger partial charge in [0.2, 0.25) is 0 Å². The second-order valence-electron chi connectivity index (χ2n) is 17.4. The molecule has 0 saturated heterocycles. The van der Waals surface area contributed by atoms with Crippen LogP contribution in [0.5, 0.6) is 0 Å². The van der Waals surface area contributed by atoms with Gasteiger partial charge in [0.1, 0.15) is 0 Å². The molecule has 1 atom stereocenters. The summed E-state index contributed by atoms with van der Waals surface area (Å²) in [6.45, 7) is 30.4. The molecule has 0 spiro atoms. The molecule has 0 aromatic heterocycles. The Kier molecular flexibility index (Phi) is 8.54. The van der Waals surface area contributed by atoms with Gasteiger partial charge in [-0.05, 0) is 80.2 Å². The normalized spacial score (nSPS) is 18.2. The van der Waals surface area contributed by atoms with Crippen LogP contribution >= 0.6 is 11.8 Å². The molecule has 1 unspecified atom stereocenters. The zero-order valence-corrected chi connectivity index (χ0v) is 30.6. The van der Waals surface area contributed by atoms with E-state index >= 15 is 0 Å². The summed E-state index contributed by atoms with van der Waals surface area (Å²) in [5.74, 6) is 4.41. The number of thioether (sulfide) groups is 1. The Balaban J connectivity index is 1.86. The van der Waals surface area contributed by atoms with Crippen LogP contribution in [0.3, 0.4) is 0 Å². The molecule has 2 aliphatic rings. The fraction of sp³-hybridized carbons (Fsp3) is 0.500. The lowest BCUT2D eigenvalue weighted by Crippen LogP contribution is -2.20. The molecule has 1 heterocycles. The Hall–Kier alpha value is -2.45. The molecular weight excluding hydrogens is 551 g/mol. The third-order valence-corrected chi connectivity index (χ3v) is 10.6. The lowest BCUT2D eigenvalue weighted by molar-refractivity contribution is 0.557. The van der Waals surface area contributed by atoms with Gasteiger partial charge in [0.15, 0.2) is 5.88 Å². The molecule has 2 radical (unpaired) electrons. The number of para-hydroxylation sites is 1. The van der Waals surface area contributed by atoms with Gasteiger partial charge in [-0.25, -0.2) is 0 Å². The maximum Gasteiger partial charge on any atom is 0.169 e. The van der Waals surface area contributed by atoms with Crippen LogP contribution < -0.4 is 4.90 Å². The first-order chi connectivity index (χ1) is 20.2. The molecule has 5 rings (SSSR count). The highest BCUT2D eigenvalue weighted by atomic mass is 32.2. The number of benzene rings is 3. The van der Waals surface area contributed by atoms with Crippen LogP contribution in [0.1, 0.15) is 132 Å². The molecule has 0 N–H and O–H groups in total. The van der Waals surface area contributed by atoms with E-state index in [2.05, 4.69) is 155 Å². The Morgan fingerprint density at radius 2 is 1.05 bits per heavy atom. The second-order valence-corrected chi connectivity index (χ2v) is 18.3. The lowest BCUT2D eigenvalue weighted by Gasteiger charge is -2.32. The first-order valence-electron chi connectivity index (χ1n) is 16.7. The van der Waals surface area contributed by atoms with Gasteiger partial charge in [0, 0.05) is 21.7 Å². The monoisotopic (exact) mass is 605 g/mol. The number of nitrogens with zero attached hydrogens (tertiary/aromatic N) is 1. The fourth-order valence-electron chi connectivity index (χ4n) is 6.37.